The molecule has 22 nitrogen and oxygen atoms in total. The van der Waals surface area contributed by atoms with Gasteiger partial charge in [0.1, 0.15) is 12.1 Å². The molecule has 0 unspecified atom stereocenters. The summed E-state index contributed by atoms with van der Waals surface area (Å²) < 4.78 is 43.5. The minimum Gasteiger partial charge on any atom is -0.480 e. The Morgan fingerprint density at radius 2 is 1.05 bits per heavy atom. The van der Waals surface area contributed by atoms with Crippen LogP contribution < -0.4 is 27.0 Å². The predicted octanol–water partition coefficient (Wildman–Crippen LogP) is -1.90. The van der Waals surface area contributed by atoms with Gasteiger partial charge < -0.3 is 70.0 Å². The van der Waals surface area contributed by atoms with Crippen molar-refractivity contribution in [2.24, 2.45) is 11.7 Å². The molecule has 0 aromatic carbocycles. The Labute approximate surface area is 344 Å². The Balaban J connectivity index is 1.85. The smallest absolute Gasteiger partial charge is 0.326 e. The van der Waals surface area contributed by atoms with Crippen LogP contribution >= 0.6 is 0 Å². The van der Waals surface area contributed by atoms with Gasteiger partial charge in [-0.3, -0.25) is 28.9 Å². The first-order chi connectivity index (χ1) is 28.4. The van der Waals surface area contributed by atoms with Crippen LogP contribution in [0.15, 0.2) is 12.2 Å². The highest BCUT2D eigenvalue weighted by Crippen LogP contribution is 2.06. The standard InChI is InChI=1S/C37H64N6O16/c1-28(2)34(35(48)41-29(36(49)50)4-3-9-40-37(38)51)42-31(45)8-12-52-14-16-54-18-20-56-22-24-58-26-27-59-25-23-57-21-19-55-17-15-53-13-10-39-30(44)7-11-43-32(46)5-6-33(43)47/h5-6,28-29,34H,3-4,7-27H2,1-2H3,(H,39,44)(H,41,48)(H,42,45)(H,49,50)(H3,38,40,51)/t29-,34-/m0/s1. The normalized spacial score (nSPS) is 13.4. The summed E-state index contributed by atoms with van der Waals surface area (Å²) >= 11 is 0. The van der Waals surface area contributed by atoms with Crippen LogP contribution in [0.5, 0.6) is 0 Å². The first-order valence-corrected chi connectivity index (χ1v) is 19.7. The van der Waals surface area contributed by atoms with E-state index in [0.29, 0.717) is 99.0 Å². The molecule has 0 aromatic heterocycles. The Kier molecular flexibility index (Phi) is 30.9. The molecule has 0 radical (unpaired) electrons. The number of carboxylic acids is 1. The average molecular weight is 849 g/mol. The quantitative estimate of drug-likeness (QED) is 0.0291. The molecule has 0 spiro atoms. The number of aliphatic carboxylic acids is 1. The van der Waals surface area contributed by atoms with E-state index in [2.05, 4.69) is 21.3 Å². The number of carboxylic acid groups (broad SMARTS) is 1. The lowest BCUT2D eigenvalue weighted by Gasteiger charge is -2.24. The molecule has 1 rings (SSSR count). The Morgan fingerprint density at radius 1 is 0.610 bits per heavy atom. The molecule has 0 fully saturated rings. The van der Waals surface area contributed by atoms with E-state index in [1.807, 2.05) is 0 Å². The predicted molar refractivity (Wildman–Crippen MR) is 208 cm³/mol. The van der Waals surface area contributed by atoms with Crippen LogP contribution in [-0.2, 0) is 66.7 Å². The summed E-state index contributed by atoms with van der Waals surface area (Å²) in [6, 6.07) is -2.86. The fourth-order valence-corrected chi connectivity index (χ4v) is 4.84. The van der Waals surface area contributed by atoms with Crippen molar-refractivity contribution in [3.63, 3.8) is 0 Å². The summed E-state index contributed by atoms with van der Waals surface area (Å²) in [6.07, 6.45) is 2.75. The van der Waals surface area contributed by atoms with Gasteiger partial charge in [0.05, 0.1) is 106 Å². The Bertz CT molecular complexity index is 1260. The largest absolute Gasteiger partial charge is 0.480 e. The number of hydrogen-bond acceptors (Lipinski definition) is 15. The second-order valence-electron chi connectivity index (χ2n) is 13.0. The van der Waals surface area contributed by atoms with E-state index in [-0.39, 0.29) is 63.8 Å². The van der Waals surface area contributed by atoms with Crippen LogP contribution in [0.1, 0.15) is 39.5 Å². The minimum absolute atomic E-state index is 0.000641. The van der Waals surface area contributed by atoms with E-state index in [4.69, 9.17) is 43.6 Å². The summed E-state index contributed by atoms with van der Waals surface area (Å²) in [5.74, 6) is -3.67. The van der Waals surface area contributed by atoms with Gasteiger partial charge in [0, 0.05) is 44.6 Å². The monoisotopic (exact) mass is 848 g/mol. The van der Waals surface area contributed by atoms with Crippen LogP contribution in [-0.4, -0.2) is 189 Å². The number of hydrogen-bond donors (Lipinski definition) is 6. The highest BCUT2D eigenvalue weighted by atomic mass is 16.6. The third kappa shape index (κ3) is 28.7. The van der Waals surface area contributed by atoms with Crippen molar-refractivity contribution in [3.05, 3.63) is 12.2 Å². The zero-order valence-corrected chi connectivity index (χ0v) is 34.2. The maximum Gasteiger partial charge on any atom is 0.326 e. The van der Waals surface area contributed by atoms with Crippen molar-refractivity contribution >= 4 is 41.5 Å². The van der Waals surface area contributed by atoms with Crippen molar-refractivity contribution in [3.8, 4) is 0 Å². The van der Waals surface area contributed by atoms with Gasteiger partial charge in [-0.15, -0.1) is 0 Å². The van der Waals surface area contributed by atoms with Gasteiger partial charge in [-0.1, -0.05) is 13.8 Å². The molecule has 7 N–H and O–H groups in total. The van der Waals surface area contributed by atoms with Crippen molar-refractivity contribution in [1.29, 1.82) is 0 Å². The van der Waals surface area contributed by atoms with E-state index in [1.54, 1.807) is 13.8 Å². The van der Waals surface area contributed by atoms with Gasteiger partial charge in [0.25, 0.3) is 11.8 Å². The van der Waals surface area contributed by atoms with E-state index in [1.165, 1.54) is 12.2 Å². The van der Waals surface area contributed by atoms with Gasteiger partial charge in [-0.25, -0.2) is 9.59 Å². The molecule has 2 atom stereocenters. The molecule has 1 aliphatic rings. The second-order valence-corrected chi connectivity index (χ2v) is 13.0. The zero-order valence-electron chi connectivity index (χ0n) is 34.2. The van der Waals surface area contributed by atoms with Gasteiger partial charge >= 0.3 is 12.0 Å². The number of primary amides is 1. The van der Waals surface area contributed by atoms with E-state index in [0.717, 1.165) is 4.90 Å². The summed E-state index contributed by atoms with van der Waals surface area (Å²) in [4.78, 5) is 83.2. The lowest BCUT2D eigenvalue weighted by atomic mass is 10.0. The van der Waals surface area contributed by atoms with Gasteiger partial charge in [0.15, 0.2) is 0 Å². The van der Waals surface area contributed by atoms with Gasteiger partial charge in [-0.2, -0.15) is 0 Å². The molecule has 59 heavy (non-hydrogen) atoms. The van der Waals surface area contributed by atoms with Crippen LogP contribution in [0.3, 0.4) is 0 Å². The lowest BCUT2D eigenvalue weighted by Crippen LogP contribution is -2.53. The fourth-order valence-electron chi connectivity index (χ4n) is 4.84. The molecule has 0 saturated carbocycles. The first-order valence-electron chi connectivity index (χ1n) is 19.7. The Hall–Kier alpha value is -4.29. The number of nitrogens with one attached hydrogen (secondary N) is 4. The van der Waals surface area contributed by atoms with Crippen molar-refractivity contribution in [2.75, 3.05) is 125 Å². The molecular formula is C37H64N6O16. The molecule has 0 saturated heterocycles. The van der Waals surface area contributed by atoms with Crippen LogP contribution in [0.25, 0.3) is 0 Å². The maximum atomic E-state index is 12.7. The molecule has 0 aromatic rings. The molecule has 1 heterocycles. The van der Waals surface area contributed by atoms with Crippen molar-refractivity contribution in [1.82, 2.24) is 26.2 Å². The number of nitrogens with zero attached hydrogens (tertiary/aromatic N) is 1. The number of nitrogens with two attached hydrogens (primary N) is 1. The summed E-state index contributed by atoms with van der Waals surface area (Å²) in [7, 11) is 0. The number of carbonyl (C=O) groups is 7. The van der Waals surface area contributed by atoms with Crippen LogP contribution in [0.4, 0.5) is 4.79 Å². The third-order valence-electron chi connectivity index (χ3n) is 7.96. The fraction of sp³-hybridized carbons (Fsp3) is 0.757. The topological polar surface area (TPSA) is 291 Å². The van der Waals surface area contributed by atoms with E-state index < -0.39 is 47.7 Å². The molecule has 22 heteroatoms. The van der Waals surface area contributed by atoms with E-state index >= 15 is 0 Å². The minimum atomic E-state index is -1.23. The molecule has 0 aliphatic carbocycles. The van der Waals surface area contributed by atoms with Crippen LogP contribution in [0, 0.1) is 5.92 Å². The maximum absolute atomic E-state index is 12.7. The van der Waals surface area contributed by atoms with Crippen molar-refractivity contribution in [2.45, 2.75) is 51.6 Å². The second kappa shape index (κ2) is 34.6. The number of ether oxygens (including phenoxy) is 8. The van der Waals surface area contributed by atoms with Gasteiger partial charge in [-0.05, 0) is 18.8 Å². The molecule has 1 aliphatic heterocycles. The van der Waals surface area contributed by atoms with E-state index in [9.17, 15) is 38.7 Å². The summed E-state index contributed by atoms with van der Waals surface area (Å²) in [5, 5.41) is 19.5. The first kappa shape index (κ1) is 52.7. The third-order valence-corrected chi connectivity index (χ3v) is 7.96. The summed E-state index contributed by atoms with van der Waals surface area (Å²) in [6.45, 7) is 9.68. The number of rotatable bonds is 39. The van der Waals surface area contributed by atoms with Crippen LogP contribution in [0.2, 0.25) is 0 Å². The average Bonchev–Trinajstić information content (AvgIpc) is 3.52. The highest BCUT2D eigenvalue weighted by Gasteiger charge is 2.28. The zero-order chi connectivity index (χ0) is 43.5. The number of imide groups is 1. The Morgan fingerprint density at radius 3 is 1.47 bits per heavy atom. The number of carbonyl (C=O) groups excluding carboxylic acids is 6. The number of urea groups is 1. The SMILES string of the molecule is CC(C)[C@H](NC(=O)CCOCCOCCOCCOCCOCCOCCOCCOCCNC(=O)CCN1C(=O)C=CC1=O)C(=O)N[C@@H](CCCNC(N)=O)C(=O)O. The summed E-state index contributed by atoms with van der Waals surface area (Å²) in [5.41, 5.74) is 4.99. The molecule has 0 bridgehead atoms. The van der Waals surface area contributed by atoms with Crippen molar-refractivity contribution < 1.29 is 76.6 Å². The molecule has 338 valence electrons. The number of amides is 7. The highest BCUT2D eigenvalue weighted by molar-refractivity contribution is 6.13. The molecular weight excluding hydrogens is 784 g/mol. The molecule has 7 amide bonds. The lowest BCUT2D eigenvalue weighted by molar-refractivity contribution is -0.142. The van der Waals surface area contributed by atoms with Gasteiger partial charge in [0.2, 0.25) is 17.7 Å².